The van der Waals surface area contributed by atoms with E-state index < -0.39 is 0 Å². The number of fused-ring (bicyclic) bond motifs is 1. The molecular formula is C10H14N2O. The van der Waals surface area contributed by atoms with Gasteiger partial charge in [-0.15, -0.1) is 0 Å². The van der Waals surface area contributed by atoms with E-state index in [4.69, 9.17) is 16.2 Å². The van der Waals surface area contributed by atoms with Crippen molar-refractivity contribution < 1.29 is 4.74 Å². The van der Waals surface area contributed by atoms with Gasteiger partial charge in [0.25, 0.3) is 0 Å². The zero-order valence-corrected chi connectivity index (χ0v) is 7.71. The average molecular weight is 178 g/mol. The Morgan fingerprint density at radius 2 is 2.23 bits per heavy atom. The number of hydrogen-bond donors (Lipinski definition) is 2. The minimum absolute atomic E-state index is 0.157. The molecule has 0 aliphatic heterocycles. The van der Waals surface area contributed by atoms with Crippen LogP contribution in [0, 0.1) is 0 Å². The van der Waals surface area contributed by atoms with Crippen molar-refractivity contribution in [1.29, 1.82) is 0 Å². The summed E-state index contributed by atoms with van der Waals surface area (Å²) in [6, 6.07) is 4.09. The predicted molar refractivity (Wildman–Crippen MR) is 52.7 cm³/mol. The Balaban J connectivity index is 2.51. The van der Waals surface area contributed by atoms with E-state index >= 15 is 0 Å². The third-order valence-electron chi connectivity index (χ3n) is 2.62. The second-order valence-corrected chi connectivity index (χ2v) is 3.44. The molecule has 0 aromatic heterocycles. The maximum atomic E-state index is 5.92. The molecule has 0 spiro atoms. The van der Waals surface area contributed by atoms with Gasteiger partial charge in [-0.1, -0.05) is 0 Å². The number of nitrogen functional groups attached to an aromatic ring is 1. The molecule has 0 bridgehead atoms. The monoisotopic (exact) mass is 178 g/mol. The molecular weight excluding hydrogens is 164 g/mol. The molecule has 1 aromatic carbocycles. The van der Waals surface area contributed by atoms with E-state index in [1.807, 2.05) is 12.1 Å². The van der Waals surface area contributed by atoms with Gasteiger partial charge in [-0.05, 0) is 36.1 Å². The number of ether oxygens (including phenoxy) is 1. The fourth-order valence-electron chi connectivity index (χ4n) is 1.86. The van der Waals surface area contributed by atoms with E-state index in [9.17, 15) is 0 Å². The first-order valence-corrected chi connectivity index (χ1v) is 4.44. The first kappa shape index (κ1) is 8.38. The van der Waals surface area contributed by atoms with Crippen molar-refractivity contribution in [3.63, 3.8) is 0 Å². The second-order valence-electron chi connectivity index (χ2n) is 3.44. The average Bonchev–Trinajstić information content (AvgIpc) is 2.46. The highest BCUT2D eigenvalue weighted by atomic mass is 16.5. The molecule has 1 unspecified atom stereocenters. The van der Waals surface area contributed by atoms with Gasteiger partial charge in [0.05, 0.1) is 12.8 Å². The molecule has 0 fully saturated rings. The van der Waals surface area contributed by atoms with Crippen LogP contribution in [0.1, 0.15) is 23.6 Å². The van der Waals surface area contributed by atoms with Gasteiger partial charge < -0.3 is 16.2 Å². The van der Waals surface area contributed by atoms with Gasteiger partial charge in [-0.2, -0.15) is 0 Å². The number of aryl methyl sites for hydroxylation is 1. The first-order valence-electron chi connectivity index (χ1n) is 4.44. The van der Waals surface area contributed by atoms with Gasteiger partial charge in [0.2, 0.25) is 0 Å². The SMILES string of the molecule is COc1cc2c(cc1N)CCC2N. The van der Waals surface area contributed by atoms with Gasteiger partial charge in [0.15, 0.2) is 0 Å². The lowest BCUT2D eigenvalue weighted by atomic mass is 10.1. The number of hydrogen-bond acceptors (Lipinski definition) is 3. The summed E-state index contributed by atoms with van der Waals surface area (Å²) in [4.78, 5) is 0. The Bertz CT molecular complexity index is 336. The molecule has 3 heteroatoms. The summed E-state index contributed by atoms with van der Waals surface area (Å²) in [7, 11) is 1.62. The standard InChI is InChI=1S/C10H14N2O/c1-13-10-5-7-6(4-9(10)12)2-3-8(7)11/h4-5,8H,2-3,11-12H2,1H3. The minimum atomic E-state index is 0.157. The molecule has 0 radical (unpaired) electrons. The van der Waals surface area contributed by atoms with Gasteiger partial charge in [-0.3, -0.25) is 0 Å². The van der Waals surface area contributed by atoms with Crippen molar-refractivity contribution in [1.82, 2.24) is 0 Å². The fourth-order valence-corrected chi connectivity index (χ4v) is 1.86. The van der Waals surface area contributed by atoms with Crippen LogP contribution in [-0.4, -0.2) is 7.11 Å². The third-order valence-corrected chi connectivity index (χ3v) is 2.62. The van der Waals surface area contributed by atoms with Crippen LogP contribution in [0.5, 0.6) is 5.75 Å². The lowest BCUT2D eigenvalue weighted by Crippen LogP contribution is -2.05. The van der Waals surface area contributed by atoms with Crippen LogP contribution in [0.15, 0.2) is 12.1 Å². The van der Waals surface area contributed by atoms with E-state index in [-0.39, 0.29) is 6.04 Å². The molecule has 0 amide bonds. The highest BCUT2D eigenvalue weighted by Crippen LogP contribution is 2.35. The number of anilines is 1. The molecule has 0 saturated carbocycles. The van der Waals surface area contributed by atoms with Crippen molar-refractivity contribution in [3.05, 3.63) is 23.3 Å². The van der Waals surface area contributed by atoms with Gasteiger partial charge in [0, 0.05) is 6.04 Å². The molecule has 1 aliphatic rings. The predicted octanol–water partition coefficient (Wildman–Crippen LogP) is 1.22. The topological polar surface area (TPSA) is 61.3 Å². The highest BCUT2D eigenvalue weighted by molar-refractivity contribution is 5.58. The Kier molecular flexibility index (Phi) is 1.88. The van der Waals surface area contributed by atoms with Gasteiger partial charge in [-0.25, -0.2) is 0 Å². The van der Waals surface area contributed by atoms with Crippen LogP contribution in [0.4, 0.5) is 5.69 Å². The summed E-state index contributed by atoms with van der Waals surface area (Å²) in [6.45, 7) is 0. The van der Waals surface area contributed by atoms with Crippen LogP contribution in [0.3, 0.4) is 0 Å². The lowest BCUT2D eigenvalue weighted by Gasteiger charge is -2.09. The quantitative estimate of drug-likeness (QED) is 0.636. The van der Waals surface area contributed by atoms with Crippen LogP contribution in [-0.2, 0) is 6.42 Å². The molecule has 0 heterocycles. The lowest BCUT2D eigenvalue weighted by molar-refractivity contribution is 0.416. The molecule has 3 nitrogen and oxygen atoms in total. The molecule has 70 valence electrons. The number of rotatable bonds is 1. The normalized spacial score (nSPS) is 20.0. The van der Waals surface area contributed by atoms with E-state index in [0.29, 0.717) is 5.69 Å². The summed E-state index contributed by atoms with van der Waals surface area (Å²) in [5, 5.41) is 0. The summed E-state index contributed by atoms with van der Waals surface area (Å²) in [5.41, 5.74) is 14.9. The van der Waals surface area contributed by atoms with E-state index in [2.05, 4.69) is 0 Å². The zero-order chi connectivity index (χ0) is 9.42. The molecule has 0 saturated heterocycles. The van der Waals surface area contributed by atoms with Crippen LogP contribution in [0.2, 0.25) is 0 Å². The molecule has 4 N–H and O–H groups in total. The Hall–Kier alpha value is -1.22. The molecule has 1 aliphatic carbocycles. The van der Waals surface area contributed by atoms with Crippen molar-refractivity contribution in [2.75, 3.05) is 12.8 Å². The van der Waals surface area contributed by atoms with E-state index in [1.165, 1.54) is 11.1 Å². The highest BCUT2D eigenvalue weighted by Gasteiger charge is 2.20. The Morgan fingerprint density at radius 1 is 1.46 bits per heavy atom. The van der Waals surface area contributed by atoms with Crippen molar-refractivity contribution in [2.24, 2.45) is 5.73 Å². The van der Waals surface area contributed by atoms with E-state index in [1.54, 1.807) is 7.11 Å². The van der Waals surface area contributed by atoms with Crippen molar-refractivity contribution in [3.8, 4) is 5.75 Å². The van der Waals surface area contributed by atoms with Crippen LogP contribution < -0.4 is 16.2 Å². The first-order chi connectivity index (χ1) is 6.22. The number of benzene rings is 1. The van der Waals surface area contributed by atoms with Crippen molar-refractivity contribution >= 4 is 5.69 Å². The molecule has 1 aromatic rings. The van der Waals surface area contributed by atoms with Crippen LogP contribution in [0.25, 0.3) is 0 Å². The summed E-state index contributed by atoms with van der Waals surface area (Å²) < 4.78 is 5.14. The maximum Gasteiger partial charge on any atom is 0.142 e. The summed E-state index contributed by atoms with van der Waals surface area (Å²) in [5.74, 6) is 0.733. The molecule has 13 heavy (non-hydrogen) atoms. The number of methoxy groups -OCH3 is 1. The maximum absolute atomic E-state index is 5.92. The fraction of sp³-hybridized carbons (Fsp3) is 0.400. The molecule has 1 atom stereocenters. The summed E-state index contributed by atoms with van der Waals surface area (Å²) >= 11 is 0. The smallest absolute Gasteiger partial charge is 0.142 e. The van der Waals surface area contributed by atoms with Crippen molar-refractivity contribution in [2.45, 2.75) is 18.9 Å². The number of nitrogens with two attached hydrogens (primary N) is 2. The van der Waals surface area contributed by atoms with Gasteiger partial charge >= 0.3 is 0 Å². The molecule has 2 rings (SSSR count). The van der Waals surface area contributed by atoms with Crippen LogP contribution >= 0.6 is 0 Å². The Morgan fingerprint density at radius 3 is 2.92 bits per heavy atom. The second kappa shape index (κ2) is 2.92. The summed E-state index contributed by atoms with van der Waals surface area (Å²) in [6.07, 6.45) is 2.05. The third kappa shape index (κ3) is 1.25. The Labute approximate surface area is 77.7 Å². The minimum Gasteiger partial charge on any atom is -0.495 e. The van der Waals surface area contributed by atoms with Gasteiger partial charge in [0.1, 0.15) is 5.75 Å². The largest absolute Gasteiger partial charge is 0.495 e. The van der Waals surface area contributed by atoms with E-state index in [0.717, 1.165) is 18.6 Å². The zero-order valence-electron chi connectivity index (χ0n) is 7.71.